The van der Waals surface area contributed by atoms with Crippen LogP contribution in [0.1, 0.15) is 46.8 Å². The first-order valence-corrected chi connectivity index (χ1v) is 16.3. The Morgan fingerprint density at radius 1 is 0.959 bits per heavy atom. The molecule has 248 valence electrons. The van der Waals surface area contributed by atoms with Crippen LogP contribution in [0.25, 0.3) is 22.3 Å². The van der Waals surface area contributed by atoms with E-state index in [1.165, 1.54) is 11.2 Å². The summed E-state index contributed by atoms with van der Waals surface area (Å²) in [5.74, 6) is 0.696. The Bertz CT molecular complexity index is 2090. The van der Waals surface area contributed by atoms with E-state index in [1.807, 2.05) is 66.7 Å². The lowest BCUT2D eigenvalue weighted by Gasteiger charge is -2.34. The monoisotopic (exact) mass is 660 g/mol. The molecule has 3 aromatic carbocycles. The molecule has 1 unspecified atom stereocenters. The molecule has 0 saturated carbocycles. The van der Waals surface area contributed by atoms with Crippen LogP contribution in [-0.2, 0) is 22.7 Å². The fourth-order valence-electron chi connectivity index (χ4n) is 7.09. The number of nitrogens with zero attached hydrogens (tertiary/aromatic N) is 6. The van der Waals surface area contributed by atoms with Crippen LogP contribution in [0.3, 0.4) is 0 Å². The van der Waals surface area contributed by atoms with E-state index in [0.29, 0.717) is 60.5 Å². The Hall–Kier alpha value is -5.69. The van der Waals surface area contributed by atoms with Crippen molar-refractivity contribution in [2.24, 2.45) is 0 Å². The van der Waals surface area contributed by atoms with Gasteiger partial charge in [-0.3, -0.25) is 24.6 Å². The Kier molecular flexibility index (Phi) is 7.75. The van der Waals surface area contributed by atoms with E-state index in [9.17, 15) is 14.4 Å². The minimum absolute atomic E-state index is 0.186. The second-order valence-electron chi connectivity index (χ2n) is 12.7. The number of hydrogen-bond acceptors (Lipinski definition) is 9. The van der Waals surface area contributed by atoms with Crippen LogP contribution in [0.5, 0.6) is 11.5 Å². The number of fused-ring (bicyclic) bond motifs is 2. The standard InChI is InChI=1S/C36H33FN8O4/c37-27-19-43(17-21-6-11-26-23(16-21)18-44(36(26)48)29-12-13-30(46)41-35(29)47)15-14-28(27)45-34-31(33(38)39-20-40-34)32(42-45)22-7-9-25(10-8-22)49-24-4-2-1-3-5-24/h1-11,16,20,27-29H,12-15,17-19H2,(H2,38,39,40)(H,41,46,47)/t27-,28+,29?/m0/s1. The van der Waals surface area contributed by atoms with Gasteiger partial charge >= 0.3 is 0 Å². The number of nitrogens with one attached hydrogen (secondary N) is 1. The maximum Gasteiger partial charge on any atom is 0.255 e. The molecule has 2 saturated heterocycles. The summed E-state index contributed by atoms with van der Waals surface area (Å²) in [6, 6.07) is 21.4. The maximum absolute atomic E-state index is 16.1. The quantitative estimate of drug-likeness (QED) is 0.242. The zero-order valence-electron chi connectivity index (χ0n) is 26.5. The zero-order valence-corrected chi connectivity index (χ0v) is 26.5. The van der Waals surface area contributed by atoms with Gasteiger partial charge < -0.3 is 15.4 Å². The van der Waals surface area contributed by atoms with Crippen molar-refractivity contribution in [3.63, 3.8) is 0 Å². The number of halogens is 1. The highest BCUT2D eigenvalue weighted by Crippen LogP contribution is 2.36. The number of anilines is 1. The third-order valence-corrected chi connectivity index (χ3v) is 9.52. The summed E-state index contributed by atoms with van der Waals surface area (Å²) in [4.78, 5) is 49.4. The second kappa shape index (κ2) is 12.4. The summed E-state index contributed by atoms with van der Waals surface area (Å²) in [7, 11) is 0. The second-order valence-corrected chi connectivity index (χ2v) is 12.7. The third kappa shape index (κ3) is 5.75. The molecule has 3 amide bonds. The molecule has 5 heterocycles. The molecule has 0 aliphatic carbocycles. The number of likely N-dealkylation sites (tertiary alicyclic amines) is 1. The SMILES string of the molecule is Nc1ncnc2c1c(-c1ccc(Oc3ccccc3)cc1)nn2[C@@H]1CCN(Cc2ccc3c(c2)CN(C2CCC(=O)NC2=O)C3=O)C[C@@H]1F. The largest absolute Gasteiger partial charge is 0.457 e. The molecule has 12 nitrogen and oxygen atoms in total. The van der Waals surface area contributed by atoms with E-state index in [1.54, 1.807) is 10.7 Å². The van der Waals surface area contributed by atoms with Crippen molar-refractivity contribution in [1.29, 1.82) is 0 Å². The number of hydrogen-bond donors (Lipinski definition) is 2. The predicted octanol–water partition coefficient (Wildman–Crippen LogP) is 4.41. The number of rotatable bonds is 7. The van der Waals surface area contributed by atoms with Crippen molar-refractivity contribution in [3.05, 3.63) is 95.8 Å². The molecule has 5 aromatic rings. The summed E-state index contributed by atoms with van der Waals surface area (Å²) >= 11 is 0. The molecular weight excluding hydrogens is 627 g/mol. The number of amides is 3. The number of ether oxygens (including phenoxy) is 1. The average Bonchev–Trinajstić information content (AvgIpc) is 3.64. The lowest BCUT2D eigenvalue weighted by atomic mass is 10.0. The Labute approximate surface area is 280 Å². The van der Waals surface area contributed by atoms with Crippen LogP contribution < -0.4 is 15.8 Å². The van der Waals surface area contributed by atoms with Gasteiger partial charge in [0.15, 0.2) is 5.65 Å². The van der Waals surface area contributed by atoms with Crippen molar-refractivity contribution >= 4 is 34.6 Å². The fourth-order valence-corrected chi connectivity index (χ4v) is 7.09. The summed E-state index contributed by atoms with van der Waals surface area (Å²) in [5, 5.41) is 7.78. The first kappa shape index (κ1) is 30.6. The molecule has 3 aliphatic rings. The molecule has 0 radical (unpaired) electrons. The van der Waals surface area contributed by atoms with Crippen LogP contribution >= 0.6 is 0 Å². The molecule has 2 aromatic heterocycles. The molecule has 3 aliphatic heterocycles. The molecule has 0 bridgehead atoms. The van der Waals surface area contributed by atoms with E-state index in [4.69, 9.17) is 15.6 Å². The van der Waals surface area contributed by atoms with E-state index >= 15 is 4.39 Å². The van der Waals surface area contributed by atoms with E-state index in [2.05, 4.69) is 20.2 Å². The smallest absolute Gasteiger partial charge is 0.255 e. The van der Waals surface area contributed by atoms with E-state index in [0.717, 1.165) is 22.4 Å². The summed E-state index contributed by atoms with van der Waals surface area (Å²) in [5.41, 5.74) is 10.5. The maximum atomic E-state index is 16.1. The van der Waals surface area contributed by atoms with Gasteiger partial charge in [-0.15, -0.1) is 0 Å². The first-order chi connectivity index (χ1) is 23.8. The molecule has 0 spiro atoms. The van der Waals surface area contributed by atoms with Gasteiger partial charge in [0.1, 0.15) is 41.6 Å². The van der Waals surface area contributed by atoms with Gasteiger partial charge in [0, 0.05) is 43.7 Å². The summed E-state index contributed by atoms with van der Waals surface area (Å²) < 4.78 is 23.7. The number of nitrogen functional groups attached to an aromatic ring is 1. The normalized spacial score (nSPS) is 21.2. The molecular formula is C36H33FN8O4. The lowest BCUT2D eigenvalue weighted by Crippen LogP contribution is -2.52. The first-order valence-electron chi connectivity index (χ1n) is 16.3. The average molecular weight is 661 g/mol. The van der Waals surface area contributed by atoms with Gasteiger partial charge in [0.25, 0.3) is 5.91 Å². The fraction of sp³-hybridized carbons (Fsp3) is 0.278. The molecule has 13 heteroatoms. The molecule has 8 rings (SSSR count). The number of piperidine rings is 2. The molecule has 2 fully saturated rings. The molecule has 49 heavy (non-hydrogen) atoms. The highest BCUT2D eigenvalue weighted by Gasteiger charge is 2.39. The van der Waals surface area contributed by atoms with Crippen molar-refractivity contribution in [1.82, 2.24) is 34.9 Å². The number of carbonyl (C=O) groups excluding carboxylic acids is 3. The Morgan fingerprint density at radius 3 is 2.53 bits per heavy atom. The Balaban J connectivity index is 0.972. The number of benzene rings is 3. The summed E-state index contributed by atoms with van der Waals surface area (Å²) in [6.45, 7) is 1.60. The van der Waals surface area contributed by atoms with Gasteiger partial charge in [0.05, 0.1) is 11.4 Å². The van der Waals surface area contributed by atoms with Gasteiger partial charge in [-0.05, 0) is 66.4 Å². The Morgan fingerprint density at radius 2 is 1.76 bits per heavy atom. The number of carbonyl (C=O) groups is 3. The number of imide groups is 1. The minimum atomic E-state index is -1.23. The van der Waals surface area contributed by atoms with Crippen molar-refractivity contribution in [3.8, 4) is 22.8 Å². The lowest BCUT2D eigenvalue weighted by molar-refractivity contribution is -0.136. The van der Waals surface area contributed by atoms with Crippen LogP contribution in [-0.4, -0.2) is 72.6 Å². The number of alkyl halides is 1. The van der Waals surface area contributed by atoms with Gasteiger partial charge in [-0.25, -0.2) is 19.0 Å². The number of para-hydroxylation sites is 1. The van der Waals surface area contributed by atoms with Gasteiger partial charge in [-0.1, -0.05) is 30.3 Å². The highest BCUT2D eigenvalue weighted by molar-refractivity contribution is 6.05. The molecule has 3 N–H and O–H groups in total. The number of aromatic nitrogens is 4. The van der Waals surface area contributed by atoms with Crippen LogP contribution in [0.2, 0.25) is 0 Å². The van der Waals surface area contributed by atoms with Crippen molar-refractivity contribution in [2.45, 2.75) is 50.6 Å². The molecule has 3 atom stereocenters. The zero-order chi connectivity index (χ0) is 33.6. The predicted molar refractivity (Wildman–Crippen MR) is 178 cm³/mol. The van der Waals surface area contributed by atoms with Gasteiger partial charge in [-0.2, -0.15) is 5.10 Å². The van der Waals surface area contributed by atoms with E-state index in [-0.39, 0.29) is 30.6 Å². The van der Waals surface area contributed by atoms with Gasteiger partial charge in [0.2, 0.25) is 11.8 Å². The summed E-state index contributed by atoms with van der Waals surface area (Å²) in [6.07, 6.45) is 1.15. The van der Waals surface area contributed by atoms with Crippen LogP contribution in [0.4, 0.5) is 10.2 Å². The van der Waals surface area contributed by atoms with Crippen LogP contribution in [0, 0.1) is 0 Å². The van der Waals surface area contributed by atoms with E-state index < -0.39 is 24.2 Å². The topological polar surface area (TPSA) is 149 Å². The van der Waals surface area contributed by atoms with Crippen LogP contribution in [0.15, 0.2) is 79.1 Å². The van der Waals surface area contributed by atoms with Crippen molar-refractivity contribution < 1.29 is 23.5 Å². The van der Waals surface area contributed by atoms with Crippen molar-refractivity contribution in [2.75, 3.05) is 18.8 Å². The minimum Gasteiger partial charge on any atom is -0.457 e. The number of nitrogens with two attached hydrogens (primary N) is 1. The highest BCUT2D eigenvalue weighted by atomic mass is 19.1. The third-order valence-electron chi connectivity index (χ3n) is 9.52.